The number of nitrogens with two attached hydrogens (primary N) is 1. The molecule has 3 aromatic heterocycles. The summed E-state index contributed by atoms with van der Waals surface area (Å²) in [7, 11) is 0. The van der Waals surface area contributed by atoms with Crippen LogP contribution in [0.1, 0.15) is 48.1 Å². The molecule has 1 aliphatic rings. The average Bonchev–Trinajstić information content (AvgIpc) is 3.31. The fourth-order valence-corrected chi connectivity index (χ4v) is 6.36. The zero-order chi connectivity index (χ0) is 22.9. The van der Waals surface area contributed by atoms with E-state index in [1.807, 2.05) is 36.4 Å². The number of hydrogen-bond acceptors (Lipinski definition) is 4. The number of nitrogens with zero attached hydrogens (tertiary/aromatic N) is 2. The summed E-state index contributed by atoms with van der Waals surface area (Å²) in [6.07, 6.45) is 3.16. The molecule has 33 heavy (non-hydrogen) atoms. The van der Waals surface area contributed by atoms with Crippen molar-refractivity contribution in [3.63, 3.8) is 0 Å². The Bertz CT molecular complexity index is 1510. The van der Waals surface area contributed by atoms with Gasteiger partial charge >= 0.3 is 0 Å². The lowest BCUT2D eigenvalue weighted by Crippen LogP contribution is -2.27. The molecule has 0 saturated heterocycles. The van der Waals surface area contributed by atoms with Crippen molar-refractivity contribution >= 4 is 55.0 Å². The SMILES string of the molecule is CC(C)(C)C1CCc2nc3sc(C(=O)n4c5ccccc5c5ccccc54)c(N)c3cc2C1. The molecule has 1 aliphatic carbocycles. The largest absolute Gasteiger partial charge is 0.397 e. The molecule has 6 rings (SSSR count). The molecular weight excluding hydrogens is 426 g/mol. The van der Waals surface area contributed by atoms with Gasteiger partial charge in [-0.3, -0.25) is 9.36 Å². The second-order valence-corrected chi connectivity index (χ2v) is 11.3. The zero-order valence-electron chi connectivity index (χ0n) is 19.2. The lowest BCUT2D eigenvalue weighted by atomic mass is 9.71. The summed E-state index contributed by atoms with van der Waals surface area (Å²) in [5.74, 6) is 0.543. The predicted molar refractivity (Wildman–Crippen MR) is 138 cm³/mol. The van der Waals surface area contributed by atoms with Crippen LogP contribution in [-0.2, 0) is 12.8 Å². The number of aromatic nitrogens is 2. The molecule has 1 atom stereocenters. The molecule has 5 aromatic rings. The number of rotatable bonds is 1. The molecule has 5 heteroatoms. The topological polar surface area (TPSA) is 60.9 Å². The fraction of sp³-hybridized carbons (Fsp3) is 0.286. The van der Waals surface area contributed by atoms with Gasteiger partial charge in [0.25, 0.3) is 5.91 Å². The minimum absolute atomic E-state index is 0.0848. The molecule has 0 radical (unpaired) electrons. The van der Waals surface area contributed by atoms with E-state index in [-0.39, 0.29) is 11.3 Å². The van der Waals surface area contributed by atoms with Crippen LogP contribution < -0.4 is 5.73 Å². The van der Waals surface area contributed by atoms with E-state index in [2.05, 4.69) is 39.0 Å². The lowest BCUT2D eigenvalue weighted by Gasteiger charge is -2.34. The maximum Gasteiger partial charge on any atom is 0.275 e. The quantitative estimate of drug-likeness (QED) is 0.303. The van der Waals surface area contributed by atoms with E-state index in [1.54, 1.807) is 4.57 Å². The molecular formula is C28H27N3OS. The van der Waals surface area contributed by atoms with Gasteiger partial charge < -0.3 is 5.73 Å². The Morgan fingerprint density at radius 2 is 1.67 bits per heavy atom. The number of aryl methyl sites for hydroxylation is 1. The van der Waals surface area contributed by atoms with Crippen molar-refractivity contribution in [3.8, 4) is 0 Å². The van der Waals surface area contributed by atoms with Gasteiger partial charge in [0.15, 0.2) is 0 Å². The van der Waals surface area contributed by atoms with Crippen molar-refractivity contribution in [1.29, 1.82) is 0 Å². The summed E-state index contributed by atoms with van der Waals surface area (Å²) in [6.45, 7) is 6.95. The van der Waals surface area contributed by atoms with E-state index in [1.165, 1.54) is 22.6 Å². The second-order valence-electron chi connectivity index (χ2n) is 10.3. The molecule has 2 N–H and O–H groups in total. The average molecular weight is 454 g/mol. The molecule has 0 fully saturated rings. The summed E-state index contributed by atoms with van der Waals surface area (Å²) in [5.41, 5.74) is 11.7. The minimum Gasteiger partial charge on any atom is -0.397 e. The van der Waals surface area contributed by atoms with E-state index in [0.717, 1.165) is 51.3 Å². The molecule has 3 heterocycles. The molecule has 166 valence electrons. The van der Waals surface area contributed by atoms with Gasteiger partial charge in [-0.05, 0) is 54.4 Å². The maximum atomic E-state index is 13.9. The standard InChI is InChI=1S/C28H27N3OS/c1-28(2,3)17-12-13-21-16(14-17)15-20-24(29)25(33-26(20)30-21)27(32)31-22-10-6-4-8-18(22)19-9-5-7-11-23(19)31/h4-11,15,17H,12-14,29H2,1-3H3. The van der Waals surface area contributed by atoms with Gasteiger partial charge in [0, 0.05) is 21.9 Å². The third kappa shape index (κ3) is 3.10. The molecule has 4 nitrogen and oxygen atoms in total. The van der Waals surface area contributed by atoms with E-state index < -0.39 is 0 Å². The maximum absolute atomic E-state index is 13.9. The zero-order valence-corrected chi connectivity index (χ0v) is 20.0. The van der Waals surface area contributed by atoms with Gasteiger partial charge in [-0.2, -0.15) is 0 Å². The van der Waals surface area contributed by atoms with Gasteiger partial charge in [-0.15, -0.1) is 11.3 Å². The van der Waals surface area contributed by atoms with Crippen molar-refractivity contribution in [1.82, 2.24) is 9.55 Å². The number of anilines is 1. The predicted octanol–water partition coefficient (Wildman–Crippen LogP) is 6.83. The first-order valence-electron chi connectivity index (χ1n) is 11.6. The van der Waals surface area contributed by atoms with Crippen LogP contribution in [-0.4, -0.2) is 15.5 Å². The highest BCUT2D eigenvalue weighted by Gasteiger charge is 2.30. The van der Waals surface area contributed by atoms with Crippen molar-refractivity contribution < 1.29 is 4.79 Å². The van der Waals surface area contributed by atoms with E-state index in [0.29, 0.717) is 16.5 Å². The van der Waals surface area contributed by atoms with Crippen molar-refractivity contribution in [3.05, 3.63) is 70.7 Å². The number of para-hydroxylation sites is 2. The number of benzene rings is 2. The summed E-state index contributed by atoms with van der Waals surface area (Å²) in [6, 6.07) is 18.3. The van der Waals surface area contributed by atoms with Crippen LogP contribution in [0.3, 0.4) is 0 Å². The number of pyridine rings is 1. The highest BCUT2D eigenvalue weighted by molar-refractivity contribution is 7.21. The van der Waals surface area contributed by atoms with Crippen LogP contribution in [0.5, 0.6) is 0 Å². The van der Waals surface area contributed by atoms with Crippen LogP contribution in [0.25, 0.3) is 32.0 Å². The molecule has 0 saturated carbocycles. The Labute approximate surface area is 197 Å². The Kier molecular flexibility index (Phi) is 4.43. The van der Waals surface area contributed by atoms with Crippen LogP contribution in [0.2, 0.25) is 0 Å². The van der Waals surface area contributed by atoms with Gasteiger partial charge in [-0.25, -0.2) is 4.98 Å². The third-order valence-corrected chi connectivity index (χ3v) is 8.39. The molecule has 0 spiro atoms. The molecule has 0 aliphatic heterocycles. The highest BCUT2D eigenvalue weighted by Crippen LogP contribution is 2.41. The Hall–Kier alpha value is -3.18. The summed E-state index contributed by atoms with van der Waals surface area (Å²) in [4.78, 5) is 20.3. The number of thiophene rings is 1. The molecule has 0 bridgehead atoms. The van der Waals surface area contributed by atoms with E-state index in [9.17, 15) is 4.79 Å². The first-order chi connectivity index (χ1) is 15.8. The Morgan fingerprint density at radius 1 is 1.03 bits per heavy atom. The van der Waals surface area contributed by atoms with Crippen LogP contribution in [0.4, 0.5) is 5.69 Å². The van der Waals surface area contributed by atoms with Crippen LogP contribution in [0.15, 0.2) is 54.6 Å². The first kappa shape index (κ1) is 20.4. The summed E-state index contributed by atoms with van der Waals surface area (Å²) in [5, 5.41) is 3.06. The normalized spacial score (nSPS) is 16.5. The Morgan fingerprint density at radius 3 is 2.30 bits per heavy atom. The number of carbonyl (C=O) groups is 1. The third-order valence-electron chi connectivity index (χ3n) is 7.29. The van der Waals surface area contributed by atoms with Gasteiger partial charge in [0.1, 0.15) is 9.71 Å². The van der Waals surface area contributed by atoms with Gasteiger partial charge in [0.2, 0.25) is 0 Å². The number of carbonyl (C=O) groups excluding carboxylic acids is 1. The van der Waals surface area contributed by atoms with Gasteiger partial charge in [0.05, 0.1) is 16.7 Å². The minimum atomic E-state index is -0.0848. The summed E-state index contributed by atoms with van der Waals surface area (Å²) >= 11 is 1.42. The number of fused-ring (bicyclic) bond motifs is 5. The van der Waals surface area contributed by atoms with Crippen LogP contribution in [0, 0.1) is 11.3 Å². The van der Waals surface area contributed by atoms with Gasteiger partial charge in [-0.1, -0.05) is 57.2 Å². The first-order valence-corrected chi connectivity index (χ1v) is 12.4. The molecule has 2 aromatic carbocycles. The van der Waals surface area contributed by atoms with Crippen LogP contribution >= 0.6 is 11.3 Å². The van der Waals surface area contributed by atoms with Crippen molar-refractivity contribution in [2.75, 3.05) is 5.73 Å². The lowest BCUT2D eigenvalue weighted by molar-refractivity contribution is 0.0974. The van der Waals surface area contributed by atoms with E-state index in [4.69, 9.17) is 10.7 Å². The molecule has 1 unspecified atom stereocenters. The summed E-state index contributed by atoms with van der Waals surface area (Å²) < 4.78 is 1.81. The molecule has 0 amide bonds. The number of hydrogen-bond donors (Lipinski definition) is 1. The monoisotopic (exact) mass is 453 g/mol. The fourth-order valence-electron chi connectivity index (χ4n) is 5.33. The Balaban J connectivity index is 1.50. The van der Waals surface area contributed by atoms with Crippen molar-refractivity contribution in [2.24, 2.45) is 11.3 Å². The second kappa shape index (κ2) is 7.16. The number of nitrogen functional groups attached to an aromatic ring is 1. The van der Waals surface area contributed by atoms with E-state index >= 15 is 0 Å². The smallest absolute Gasteiger partial charge is 0.275 e. The highest BCUT2D eigenvalue weighted by atomic mass is 32.1. The van der Waals surface area contributed by atoms with Crippen molar-refractivity contribution in [2.45, 2.75) is 40.0 Å².